The van der Waals surface area contributed by atoms with E-state index < -0.39 is 5.60 Å². The third kappa shape index (κ3) is 5.76. The predicted octanol–water partition coefficient (Wildman–Crippen LogP) is 3.34. The molecule has 0 unspecified atom stereocenters. The molecule has 0 fully saturated rings. The minimum atomic E-state index is -0.458. The standard InChI is InChI=1S/C14H19NO2/c1-11(10-13(16)17-14(2,3)4)15-12-8-6-5-7-9-12/h5-10,15H,1-4H3. The molecule has 0 heterocycles. The minimum absolute atomic E-state index is 0.335. The first kappa shape index (κ1) is 13.3. The lowest BCUT2D eigenvalue weighted by Crippen LogP contribution is -2.23. The second-order valence-electron chi connectivity index (χ2n) is 4.85. The van der Waals surface area contributed by atoms with Gasteiger partial charge in [-0.05, 0) is 39.8 Å². The van der Waals surface area contributed by atoms with E-state index in [2.05, 4.69) is 5.32 Å². The fourth-order valence-corrected chi connectivity index (χ4v) is 1.29. The number of benzene rings is 1. The summed E-state index contributed by atoms with van der Waals surface area (Å²) in [5, 5.41) is 3.12. The van der Waals surface area contributed by atoms with Crippen LogP contribution in [0.5, 0.6) is 0 Å². The fraction of sp³-hybridized carbons (Fsp3) is 0.357. The Labute approximate surface area is 102 Å². The zero-order chi connectivity index (χ0) is 12.9. The molecule has 1 N–H and O–H groups in total. The molecule has 0 aromatic heterocycles. The van der Waals surface area contributed by atoms with Crippen LogP contribution in [-0.4, -0.2) is 11.6 Å². The topological polar surface area (TPSA) is 38.3 Å². The molecule has 3 heteroatoms. The molecular weight excluding hydrogens is 214 g/mol. The number of nitrogens with one attached hydrogen (secondary N) is 1. The first-order chi connectivity index (χ1) is 7.87. The predicted molar refractivity (Wildman–Crippen MR) is 69.7 cm³/mol. The third-order valence-corrected chi connectivity index (χ3v) is 1.86. The highest BCUT2D eigenvalue weighted by Gasteiger charge is 2.14. The normalized spacial score (nSPS) is 12.1. The van der Waals surface area contributed by atoms with Crippen molar-refractivity contribution < 1.29 is 9.53 Å². The maximum absolute atomic E-state index is 11.5. The smallest absolute Gasteiger partial charge is 0.333 e. The molecule has 1 rings (SSSR count). The molecule has 3 nitrogen and oxygen atoms in total. The fourth-order valence-electron chi connectivity index (χ4n) is 1.29. The van der Waals surface area contributed by atoms with Crippen molar-refractivity contribution in [1.82, 2.24) is 0 Å². The molecule has 92 valence electrons. The van der Waals surface area contributed by atoms with Crippen LogP contribution in [0.25, 0.3) is 0 Å². The van der Waals surface area contributed by atoms with Gasteiger partial charge < -0.3 is 10.1 Å². The average Bonchev–Trinajstić information content (AvgIpc) is 2.15. The van der Waals surface area contributed by atoms with Gasteiger partial charge in [0, 0.05) is 17.5 Å². The maximum atomic E-state index is 11.5. The zero-order valence-corrected chi connectivity index (χ0v) is 10.8. The van der Waals surface area contributed by atoms with Gasteiger partial charge >= 0.3 is 5.97 Å². The number of esters is 1. The van der Waals surface area contributed by atoms with Crippen molar-refractivity contribution in [1.29, 1.82) is 0 Å². The molecule has 17 heavy (non-hydrogen) atoms. The Morgan fingerprint density at radius 3 is 2.35 bits per heavy atom. The Balaban J connectivity index is 2.58. The van der Waals surface area contributed by atoms with Crippen LogP contribution >= 0.6 is 0 Å². The van der Waals surface area contributed by atoms with E-state index in [4.69, 9.17) is 4.74 Å². The van der Waals surface area contributed by atoms with Crippen LogP contribution in [0.15, 0.2) is 42.1 Å². The lowest BCUT2D eigenvalue weighted by Gasteiger charge is -2.18. The summed E-state index contributed by atoms with van der Waals surface area (Å²) in [6, 6.07) is 9.68. The van der Waals surface area contributed by atoms with Gasteiger partial charge in [0.15, 0.2) is 0 Å². The highest BCUT2D eigenvalue weighted by molar-refractivity contribution is 5.83. The van der Waals surface area contributed by atoms with Gasteiger partial charge in [-0.2, -0.15) is 0 Å². The van der Waals surface area contributed by atoms with E-state index in [1.54, 1.807) is 0 Å². The summed E-state index contributed by atoms with van der Waals surface area (Å²) in [5.41, 5.74) is 1.25. The van der Waals surface area contributed by atoms with Gasteiger partial charge in [0.05, 0.1) is 0 Å². The van der Waals surface area contributed by atoms with Gasteiger partial charge in [0.25, 0.3) is 0 Å². The van der Waals surface area contributed by atoms with Crippen LogP contribution in [0.2, 0.25) is 0 Å². The van der Waals surface area contributed by atoms with Gasteiger partial charge in [-0.3, -0.25) is 0 Å². The van der Waals surface area contributed by atoms with Crippen LogP contribution in [0.4, 0.5) is 5.69 Å². The van der Waals surface area contributed by atoms with Crippen LogP contribution in [0, 0.1) is 0 Å². The maximum Gasteiger partial charge on any atom is 0.333 e. The highest BCUT2D eigenvalue weighted by atomic mass is 16.6. The largest absolute Gasteiger partial charge is 0.457 e. The second-order valence-corrected chi connectivity index (χ2v) is 4.85. The van der Waals surface area contributed by atoms with Crippen LogP contribution in [0.3, 0.4) is 0 Å². The lowest BCUT2D eigenvalue weighted by atomic mass is 10.2. The Kier molecular flexibility index (Phi) is 4.32. The molecule has 0 aliphatic heterocycles. The molecule has 0 aliphatic carbocycles. The first-order valence-corrected chi connectivity index (χ1v) is 5.60. The van der Waals surface area contributed by atoms with E-state index in [9.17, 15) is 4.79 Å². The number of para-hydroxylation sites is 1. The molecular formula is C14H19NO2. The van der Waals surface area contributed by atoms with Crippen LogP contribution in [-0.2, 0) is 9.53 Å². The molecule has 0 atom stereocenters. The Morgan fingerprint density at radius 1 is 1.24 bits per heavy atom. The quantitative estimate of drug-likeness (QED) is 0.642. The SMILES string of the molecule is CC(=CC(=O)OC(C)(C)C)Nc1ccccc1. The summed E-state index contributed by atoms with van der Waals surface area (Å²) in [4.78, 5) is 11.5. The Morgan fingerprint density at radius 2 is 1.82 bits per heavy atom. The van der Waals surface area contributed by atoms with Crippen molar-refractivity contribution >= 4 is 11.7 Å². The molecule has 0 saturated carbocycles. The molecule has 0 aliphatic rings. The summed E-state index contributed by atoms with van der Waals surface area (Å²) in [6.45, 7) is 7.37. The highest BCUT2D eigenvalue weighted by Crippen LogP contribution is 2.11. The molecule has 0 saturated heterocycles. The third-order valence-electron chi connectivity index (χ3n) is 1.86. The molecule has 0 amide bonds. The molecule has 1 aromatic rings. The number of carbonyl (C=O) groups excluding carboxylic acids is 1. The summed E-state index contributed by atoms with van der Waals surface area (Å²) >= 11 is 0. The number of hydrogen-bond donors (Lipinski definition) is 1. The number of hydrogen-bond acceptors (Lipinski definition) is 3. The molecule has 0 radical (unpaired) electrons. The van der Waals surface area contributed by atoms with Crippen molar-refractivity contribution in [2.45, 2.75) is 33.3 Å². The van der Waals surface area contributed by atoms with Gasteiger partial charge in [-0.15, -0.1) is 0 Å². The first-order valence-electron chi connectivity index (χ1n) is 5.60. The summed E-state index contributed by atoms with van der Waals surface area (Å²) in [7, 11) is 0. The Bertz CT molecular complexity index is 402. The van der Waals surface area contributed by atoms with Crippen molar-refractivity contribution in [2.75, 3.05) is 5.32 Å². The summed E-state index contributed by atoms with van der Waals surface area (Å²) in [5.74, 6) is -0.335. The van der Waals surface area contributed by atoms with E-state index in [1.807, 2.05) is 58.0 Å². The monoisotopic (exact) mass is 233 g/mol. The van der Waals surface area contributed by atoms with Crippen molar-refractivity contribution in [2.24, 2.45) is 0 Å². The van der Waals surface area contributed by atoms with Crippen LogP contribution < -0.4 is 5.32 Å². The van der Waals surface area contributed by atoms with Crippen LogP contribution in [0.1, 0.15) is 27.7 Å². The zero-order valence-electron chi connectivity index (χ0n) is 10.8. The van der Waals surface area contributed by atoms with E-state index in [-0.39, 0.29) is 5.97 Å². The van der Waals surface area contributed by atoms with Crippen molar-refractivity contribution in [3.63, 3.8) is 0 Å². The second kappa shape index (κ2) is 5.53. The van der Waals surface area contributed by atoms with Gasteiger partial charge in [-0.1, -0.05) is 18.2 Å². The Hall–Kier alpha value is -1.77. The molecule has 0 spiro atoms. The number of rotatable bonds is 3. The number of carbonyl (C=O) groups is 1. The number of allylic oxidation sites excluding steroid dienone is 1. The summed E-state index contributed by atoms with van der Waals surface area (Å²) < 4.78 is 5.19. The van der Waals surface area contributed by atoms with Gasteiger partial charge in [0.2, 0.25) is 0 Å². The van der Waals surface area contributed by atoms with Gasteiger partial charge in [-0.25, -0.2) is 4.79 Å². The molecule has 0 bridgehead atoms. The number of anilines is 1. The van der Waals surface area contributed by atoms with E-state index in [0.717, 1.165) is 11.4 Å². The van der Waals surface area contributed by atoms with Crippen molar-refractivity contribution in [3.05, 3.63) is 42.1 Å². The average molecular weight is 233 g/mol. The lowest BCUT2D eigenvalue weighted by molar-refractivity contribution is -0.148. The van der Waals surface area contributed by atoms with Crippen molar-refractivity contribution in [3.8, 4) is 0 Å². The van der Waals surface area contributed by atoms with Gasteiger partial charge in [0.1, 0.15) is 5.60 Å². The van der Waals surface area contributed by atoms with E-state index in [1.165, 1.54) is 6.08 Å². The minimum Gasteiger partial charge on any atom is -0.457 e. The van der Waals surface area contributed by atoms with E-state index in [0.29, 0.717) is 0 Å². The van der Waals surface area contributed by atoms with E-state index >= 15 is 0 Å². The number of ether oxygens (including phenoxy) is 1. The summed E-state index contributed by atoms with van der Waals surface area (Å²) in [6.07, 6.45) is 1.46. The molecule has 1 aromatic carbocycles.